The van der Waals surface area contributed by atoms with Gasteiger partial charge in [-0.3, -0.25) is 0 Å². The molecule has 1 fully saturated rings. The van der Waals surface area contributed by atoms with Gasteiger partial charge in [0, 0.05) is 31.4 Å². The molecule has 0 aliphatic carbocycles. The van der Waals surface area contributed by atoms with Crippen LogP contribution in [0.15, 0.2) is 36.4 Å². The summed E-state index contributed by atoms with van der Waals surface area (Å²) in [5, 5.41) is 11.9. The lowest BCUT2D eigenvalue weighted by atomic mass is 10.1. The van der Waals surface area contributed by atoms with Crippen LogP contribution in [0.3, 0.4) is 0 Å². The van der Waals surface area contributed by atoms with E-state index in [0.717, 1.165) is 18.2 Å². The van der Waals surface area contributed by atoms with Crippen molar-refractivity contribution in [2.24, 2.45) is 0 Å². The van der Waals surface area contributed by atoms with Gasteiger partial charge in [-0.15, -0.1) is 0 Å². The van der Waals surface area contributed by atoms with Gasteiger partial charge in [-0.25, -0.2) is 9.78 Å². The molecule has 1 saturated heterocycles. The van der Waals surface area contributed by atoms with Crippen molar-refractivity contribution in [2.45, 2.75) is 24.8 Å². The van der Waals surface area contributed by atoms with Crippen LogP contribution in [0.2, 0.25) is 0 Å². The maximum absolute atomic E-state index is 13.7. The molecule has 2 atom stereocenters. The SMILES string of the molecule is CC1CN(c2nc(C(F)(F)P)ccc2C#N)CCN1C(=O)Nc1ccc(C(F)(F)F)cc1. The molecule has 6 nitrogen and oxygen atoms in total. The molecular weight excluding hydrogens is 452 g/mol. The number of amides is 2. The Morgan fingerprint density at radius 1 is 1.16 bits per heavy atom. The summed E-state index contributed by atoms with van der Waals surface area (Å²) in [6.45, 7) is 2.40. The van der Waals surface area contributed by atoms with Gasteiger partial charge in [-0.05, 0) is 43.3 Å². The van der Waals surface area contributed by atoms with E-state index >= 15 is 0 Å². The first kappa shape index (κ1) is 23.7. The summed E-state index contributed by atoms with van der Waals surface area (Å²) >= 11 is 0. The second kappa shape index (κ2) is 8.87. The molecule has 0 radical (unpaired) electrons. The molecule has 2 heterocycles. The topological polar surface area (TPSA) is 72.3 Å². The lowest BCUT2D eigenvalue weighted by Crippen LogP contribution is -2.55. The van der Waals surface area contributed by atoms with E-state index in [0.29, 0.717) is 0 Å². The quantitative estimate of drug-likeness (QED) is 0.523. The molecular formula is C20H19F5N5OP. The number of nitriles is 1. The van der Waals surface area contributed by atoms with Gasteiger partial charge in [0.1, 0.15) is 17.6 Å². The van der Waals surface area contributed by atoms with Crippen molar-refractivity contribution >= 4 is 26.8 Å². The number of carbonyl (C=O) groups excluding carboxylic acids is 1. The van der Waals surface area contributed by atoms with E-state index in [-0.39, 0.29) is 42.7 Å². The van der Waals surface area contributed by atoms with Crippen molar-refractivity contribution in [1.82, 2.24) is 9.88 Å². The Bertz CT molecular complexity index is 1030. The van der Waals surface area contributed by atoms with Crippen LogP contribution in [0.4, 0.5) is 38.3 Å². The van der Waals surface area contributed by atoms with E-state index in [9.17, 15) is 32.0 Å². The Morgan fingerprint density at radius 2 is 1.81 bits per heavy atom. The summed E-state index contributed by atoms with van der Waals surface area (Å²) in [7, 11) is 1.40. The van der Waals surface area contributed by atoms with Crippen molar-refractivity contribution in [3.63, 3.8) is 0 Å². The molecule has 0 bridgehead atoms. The first-order valence-electron chi connectivity index (χ1n) is 9.48. The first-order chi connectivity index (χ1) is 14.9. The van der Waals surface area contributed by atoms with Crippen molar-refractivity contribution < 1.29 is 26.7 Å². The third kappa shape index (κ3) is 5.25. The summed E-state index contributed by atoms with van der Waals surface area (Å²) in [6.07, 6.45) is -4.47. The highest BCUT2D eigenvalue weighted by molar-refractivity contribution is 7.17. The summed E-state index contributed by atoms with van der Waals surface area (Å²) in [5.74, 6) is 0.113. The number of alkyl halides is 5. The Morgan fingerprint density at radius 3 is 2.34 bits per heavy atom. The third-order valence-electron chi connectivity index (χ3n) is 4.99. The number of hydrogen-bond donors (Lipinski definition) is 1. The van der Waals surface area contributed by atoms with Gasteiger partial charge in [0.25, 0.3) is 5.66 Å². The fraction of sp³-hybridized carbons (Fsp3) is 0.350. The van der Waals surface area contributed by atoms with Gasteiger partial charge in [0.05, 0.1) is 11.1 Å². The minimum absolute atomic E-state index is 0.113. The molecule has 1 aliphatic heterocycles. The normalized spacial score (nSPS) is 17.1. The number of urea groups is 1. The second-order valence-corrected chi connectivity index (χ2v) is 8.02. The van der Waals surface area contributed by atoms with Gasteiger partial charge in [-0.2, -0.15) is 27.2 Å². The average molecular weight is 471 g/mol. The maximum Gasteiger partial charge on any atom is 0.416 e. The highest BCUT2D eigenvalue weighted by Crippen LogP contribution is 2.35. The fourth-order valence-electron chi connectivity index (χ4n) is 3.35. The van der Waals surface area contributed by atoms with Crippen molar-refractivity contribution in [2.75, 3.05) is 29.9 Å². The van der Waals surface area contributed by atoms with Crippen molar-refractivity contribution in [3.05, 3.63) is 53.2 Å². The second-order valence-electron chi connectivity index (χ2n) is 7.30. The number of nitrogens with one attached hydrogen (secondary N) is 1. The van der Waals surface area contributed by atoms with Gasteiger partial charge < -0.3 is 15.1 Å². The zero-order chi connectivity index (χ0) is 23.7. The molecule has 0 saturated carbocycles. The van der Waals surface area contributed by atoms with E-state index in [1.807, 2.05) is 6.07 Å². The first-order valence-corrected chi connectivity index (χ1v) is 10.1. The predicted octanol–water partition coefficient (Wildman–Crippen LogP) is 4.64. The van der Waals surface area contributed by atoms with E-state index in [4.69, 9.17) is 0 Å². The summed E-state index contributed by atoms with van der Waals surface area (Å²) in [6, 6.07) is 7.51. The highest BCUT2D eigenvalue weighted by Gasteiger charge is 2.33. The van der Waals surface area contributed by atoms with E-state index in [2.05, 4.69) is 10.3 Å². The number of benzene rings is 1. The lowest BCUT2D eigenvalue weighted by Gasteiger charge is -2.40. The minimum atomic E-state index is -4.47. The van der Waals surface area contributed by atoms with Crippen LogP contribution in [-0.2, 0) is 11.8 Å². The molecule has 2 unspecified atom stereocenters. The van der Waals surface area contributed by atoms with Crippen LogP contribution < -0.4 is 10.2 Å². The zero-order valence-electron chi connectivity index (χ0n) is 16.8. The van der Waals surface area contributed by atoms with Crippen molar-refractivity contribution in [3.8, 4) is 6.07 Å². The number of hydrogen-bond acceptors (Lipinski definition) is 4. The number of rotatable bonds is 3. The Hall–Kier alpha value is -2.99. The Balaban J connectivity index is 1.70. The van der Waals surface area contributed by atoms with Crippen molar-refractivity contribution in [1.29, 1.82) is 5.26 Å². The lowest BCUT2D eigenvalue weighted by molar-refractivity contribution is -0.137. The highest BCUT2D eigenvalue weighted by atomic mass is 31.0. The molecule has 12 heteroatoms. The monoisotopic (exact) mass is 471 g/mol. The molecule has 170 valence electrons. The smallest absolute Gasteiger partial charge is 0.352 e. The van der Waals surface area contributed by atoms with Crippen LogP contribution in [0.25, 0.3) is 0 Å². The molecule has 1 aromatic heterocycles. The van der Waals surface area contributed by atoms with Gasteiger partial charge >= 0.3 is 12.2 Å². The minimum Gasteiger partial charge on any atom is -0.352 e. The third-order valence-corrected chi connectivity index (χ3v) is 5.28. The van der Waals surface area contributed by atoms with Crippen LogP contribution in [-0.4, -0.2) is 41.6 Å². The molecule has 3 rings (SSSR count). The Kier molecular flexibility index (Phi) is 6.56. The number of aromatic nitrogens is 1. The van der Waals surface area contributed by atoms with Gasteiger partial charge in [0.15, 0.2) is 0 Å². The van der Waals surface area contributed by atoms with E-state index in [1.165, 1.54) is 32.3 Å². The van der Waals surface area contributed by atoms with Crippen LogP contribution in [0.1, 0.15) is 23.7 Å². The van der Waals surface area contributed by atoms with E-state index < -0.39 is 29.1 Å². The molecule has 1 N–H and O–H groups in total. The number of anilines is 2. The van der Waals surface area contributed by atoms with E-state index in [1.54, 1.807) is 11.8 Å². The number of pyridine rings is 1. The predicted molar refractivity (Wildman–Crippen MR) is 111 cm³/mol. The summed E-state index contributed by atoms with van der Waals surface area (Å²) in [4.78, 5) is 19.7. The van der Waals surface area contributed by atoms with Gasteiger partial charge in [-0.1, -0.05) is 9.24 Å². The van der Waals surface area contributed by atoms with Crippen LogP contribution >= 0.6 is 9.24 Å². The fourth-order valence-corrected chi connectivity index (χ4v) is 3.51. The number of carbonyl (C=O) groups is 1. The maximum atomic E-state index is 13.7. The zero-order valence-corrected chi connectivity index (χ0v) is 18.0. The van der Waals surface area contributed by atoms with Crippen LogP contribution in [0, 0.1) is 11.3 Å². The molecule has 2 amide bonds. The number of piperazine rings is 1. The molecule has 32 heavy (non-hydrogen) atoms. The molecule has 2 aromatic rings. The molecule has 1 aromatic carbocycles. The largest absolute Gasteiger partial charge is 0.416 e. The summed E-state index contributed by atoms with van der Waals surface area (Å²) in [5.41, 5.74) is -4.22. The number of halogens is 5. The number of nitrogens with zero attached hydrogens (tertiary/aromatic N) is 4. The standard InChI is InChI=1S/C20H19F5N5OP/c1-12-11-29(17-13(10-26)2-7-16(28-17)20(24,25)32)8-9-30(12)18(31)27-15-5-3-14(4-6-15)19(21,22)23/h2-7,12H,8-9,11,32H2,1H3,(H,27,31). The van der Waals surface area contributed by atoms with Gasteiger partial charge in [0.2, 0.25) is 0 Å². The Labute approximate surface area is 183 Å². The van der Waals surface area contributed by atoms with Crippen LogP contribution in [0.5, 0.6) is 0 Å². The molecule has 1 aliphatic rings. The summed E-state index contributed by atoms with van der Waals surface area (Å²) < 4.78 is 65.3. The average Bonchev–Trinajstić information content (AvgIpc) is 2.72. The molecule has 0 spiro atoms.